The molecule has 2 rings (SSSR count). The summed E-state index contributed by atoms with van der Waals surface area (Å²) in [5.74, 6) is 0.931. The number of nitrogens with zero attached hydrogens (tertiary/aromatic N) is 1. The second-order valence-corrected chi connectivity index (χ2v) is 4.48. The van der Waals surface area contributed by atoms with Crippen molar-refractivity contribution in [3.05, 3.63) is 47.2 Å². The molecule has 4 nitrogen and oxygen atoms in total. The summed E-state index contributed by atoms with van der Waals surface area (Å²) in [5, 5.41) is 12.9. The zero-order chi connectivity index (χ0) is 13.8. The highest BCUT2D eigenvalue weighted by atomic mass is 16.5. The van der Waals surface area contributed by atoms with Crippen LogP contribution in [0.4, 0.5) is 5.69 Å². The van der Waals surface area contributed by atoms with Crippen molar-refractivity contribution in [1.29, 1.82) is 0 Å². The van der Waals surface area contributed by atoms with Gasteiger partial charge in [-0.05, 0) is 43.2 Å². The SMILES string of the molecule is COc1cccc(CNc2cc(C)c(O)cc2C)n1. The van der Waals surface area contributed by atoms with Crippen molar-refractivity contribution in [2.24, 2.45) is 0 Å². The number of phenols is 1. The number of benzene rings is 1. The maximum atomic E-state index is 9.62. The van der Waals surface area contributed by atoms with Crippen molar-refractivity contribution in [2.75, 3.05) is 12.4 Å². The van der Waals surface area contributed by atoms with Gasteiger partial charge >= 0.3 is 0 Å². The molecule has 100 valence electrons. The molecule has 0 fully saturated rings. The van der Waals surface area contributed by atoms with Crippen molar-refractivity contribution in [2.45, 2.75) is 20.4 Å². The number of nitrogens with one attached hydrogen (secondary N) is 1. The quantitative estimate of drug-likeness (QED) is 0.828. The lowest BCUT2D eigenvalue weighted by atomic mass is 10.1. The molecule has 0 bridgehead atoms. The first-order valence-corrected chi connectivity index (χ1v) is 6.14. The predicted octanol–water partition coefficient (Wildman–Crippen LogP) is 3.02. The summed E-state index contributed by atoms with van der Waals surface area (Å²) in [6.45, 7) is 4.45. The first-order valence-electron chi connectivity index (χ1n) is 6.14. The number of anilines is 1. The molecule has 1 aromatic heterocycles. The van der Waals surface area contributed by atoms with Crippen molar-refractivity contribution in [3.8, 4) is 11.6 Å². The van der Waals surface area contributed by atoms with Crippen LogP contribution in [0.2, 0.25) is 0 Å². The average Bonchev–Trinajstić information content (AvgIpc) is 2.41. The predicted molar refractivity (Wildman–Crippen MR) is 75.7 cm³/mol. The lowest BCUT2D eigenvalue weighted by Gasteiger charge is -2.11. The van der Waals surface area contributed by atoms with Crippen LogP contribution in [0, 0.1) is 13.8 Å². The van der Waals surface area contributed by atoms with Crippen LogP contribution in [0.25, 0.3) is 0 Å². The summed E-state index contributed by atoms with van der Waals surface area (Å²) in [7, 11) is 1.60. The summed E-state index contributed by atoms with van der Waals surface area (Å²) in [6, 6.07) is 9.37. The van der Waals surface area contributed by atoms with Crippen LogP contribution in [0.1, 0.15) is 16.8 Å². The number of rotatable bonds is 4. The van der Waals surface area contributed by atoms with Crippen molar-refractivity contribution < 1.29 is 9.84 Å². The summed E-state index contributed by atoms with van der Waals surface area (Å²) in [6.07, 6.45) is 0. The van der Waals surface area contributed by atoms with Gasteiger partial charge in [0.05, 0.1) is 19.3 Å². The maximum absolute atomic E-state index is 9.62. The largest absolute Gasteiger partial charge is 0.508 e. The second kappa shape index (κ2) is 5.61. The molecule has 0 unspecified atom stereocenters. The summed E-state index contributed by atoms with van der Waals surface area (Å²) < 4.78 is 5.09. The van der Waals surface area contributed by atoms with Gasteiger partial charge in [-0.15, -0.1) is 0 Å². The van der Waals surface area contributed by atoms with Gasteiger partial charge in [0.15, 0.2) is 0 Å². The monoisotopic (exact) mass is 258 g/mol. The van der Waals surface area contributed by atoms with E-state index in [2.05, 4.69) is 10.3 Å². The number of ether oxygens (including phenoxy) is 1. The molecule has 0 atom stereocenters. The van der Waals surface area contributed by atoms with Gasteiger partial charge in [0, 0.05) is 11.8 Å². The van der Waals surface area contributed by atoms with Crippen LogP contribution >= 0.6 is 0 Å². The third-order valence-electron chi connectivity index (χ3n) is 2.99. The third kappa shape index (κ3) is 3.16. The molecular weight excluding hydrogens is 240 g/mol. The van der Waals surface area contributed by atoms with Gasteiger partial charge in [0.25, 0.3) is 0 Å². The molecule has 0 aliphatic carbocycles. The molecule has 0 aliphatic heterocycles. The molecule has 2 aromatic rings. The van der Waals surface area contributed by atoms with E-state index in [0.717, 1.165) is 22.5 Å². The van der Waals surface area contributed by atoms with Crippen LogP contribution in [-0.2, 0) is 6.54 Å². The number of aromatic nitrogens is 1. The molecule has 0 radical (unpaired) electrons. The lowest BCUT2D eigenvalue weighted by molar-refractivity contribution is 0.396. The number of aromatic hydroxyl groups is 1. The Hall–Kier alpha value is -2.23. The Balaban J connectivity index is 2.12. The van der Waals surface area contributed by atoms with Crippen LogP contribution in [0.3, 0.4) is 0 Å². The molecule has 4 heteroatoms. The van der Waals surface area contributed by atoms with E-state index >= 15 is 0 Å². The van der Waals surface area contributed by atoms with Crippen molar-refractivity contribution in [3.63, 3.8) is 0 Å². The van der Waals surface area contributed by atoms with E-state index in [9.17, 15) is 5.11 Å². The maximum Gasteiger partial charge on any atom is 0.213 e. The van der Waals surface area contributed by atoms with E-state index in [-0.39, 0.29) is 0 Å². The Morgan fingerprint density at radius 3 is 2.74 bits per heavy atom. The van der Waals surface area contributed by atoms with Gasteiger partial charge in [-0.1, -0.05) is 6.07 Å². The minimum Gasteiger partial charge on any atom is -0.508 e. The molecule has 1 heterocycles. The highest BCUT2D eigenvalue weighted by molar-refractivity contribution is 5.56. The number of hydrogen-bond donors (Lipinski definition) is 2. The van der Waals surface area contributed by atoms with Crippen LogP contribution in [0.15, 0.2) is 30.3 Å². The van der Waals surface area contributed by atoms with E-state index in [1.807, 2.05) is 38.1 Å². The molecule has 0 aliphatic rings. The van der Waals surface area contributed by atoms with Gasteiger partial charge in [0.1, 0.15) is 5.75 Å². The Kier molecular flexibility index (Phi) is 3.90. The fourth-order valence-corrected chi connectivity index (χ4v) is 1.85. The number of methoxy groups -OCH3 is 1. The van der Waals surface area contributed by atoms with Crippen LogP contribution < -0.4 is 10.1 Å². The van der Waals surface area contributed by atoms with Gasteiger partial charge in [0.2, 0.25) is 5.88 Å². The minimum absolute atomic E-state index is 0.322. The highest BCUT2D eigenvalue weighted by Crippen LogP contribution is 2.25. The summed E-state index contributed by atoms with van der Waals surface area (Å²) in [5.41, 5.74) is 3.77. The summed E-state index contributed by atoms with van der Waals surface area (Å²) in [4.78, 5) is 4.34. The molecule has 1 aromatic carbocycles. The number of pyridine rings is 1. The first kappa shape index (κ1) is 13.2. The lowest BCUT2D eigenvalue weighted by Crippen LogP contribution is -2.04. The number of aryl methyl sites for hydroxylation is 2. The fourth-order valence-electron chi connectivity index (χ4n) is 1.85. The van der Waals surface area contributed by atoms with E-state index in [4.69, 9.17) is 4.74 Å². The van der Waals surface area contributed by atoms with Gasteiger partial charge in [-0.25, -0.2) is 4.98 Å². The normalized spacial score (nSPS) is 10.3. The first-order chi connectivity index (χ1) is 9.10. The fraction of sp³-hybridized carbons (Fsp3) is 0.267. The van der Waals surface area contributed by atoms with E-state index in [1.54, 1.807) is 13.2 Å². The van der Waals surface area contributed by atoms with E-state index < -0.39 is 0 Å². The Labute approximate surface area is 113 Å². The van der Waals surface area contributed by atoms with Gasteiger partial charge < -0.3 is 15.2 Å². The molecule has 0 saturated heterocycles. The zero-order valence-corrected chi connectivity index (χ0v) is 11.4. The molecule has 0 amide bonds. The number of hydrogen-bond acceptors (Lipinski definition) is 4. The van der Waals surface area contributed by atoms with Crippen molar-refractivity contribution in [1.82, 2.24) is 4.98 Å². The van der Waals surface area contributed by atoms with Gasteiger partial charge in [-0.3, -0.25) is 0 Å². The molecule has 0 saturated carbocycles. The Morgan fingerprint density at radius 1 is 1.21 bits per heavy atom. The van der Waals surface area contributed by atoms with E-state index in [1.165, 1.54) is 0 Å². The van der Waals surface area contributed by atoms with Gasteiger partial charge in [-0.2, -0.15) is 0 Å². The van der Waals surface area contributed by atoms with Crippen molar-refractivity contribution >= 4 is 5.69 Å². The van der Waals surface area contributed by atoms with Crippen LogP contribution in [0.5, 0.6) is 11.6 Å². The zero-order valence-electron chi connectivity index (χ0n) is 11.4. The summed E-state index contributed by atoms with van der Waals surface area (Å²) >= 11 is 0. The van der Waals surface area contributed by atoms with E-state index in [0.29, 0.717) is 18.2 Å². The molecular formula is C15H18N2O2. The third-order valence-corrected chi connectivity index (χ3v) is 2.99. The average molecular weight is 258 g/mol. The van der Waals surface area contributed by atoms with Crippen LogP contribution in [-0.4, -0.2) is 17.2 Å². The highest BCUT2D eigenvalue weighted by Gasteiger charge is 2.04. The molecule has 2 N–H and O–H groups in total. The standard InChI is InChI=1S/C15H18N2O2/c1-10-8-14(18)11(2)7-13(10)16-9-12-5-4-6-15(17-12)19-3/h4-8,16,18H,9H2,1-3H3. The second-order valence-electron chi connectivity index (χ2n) is 4.48. The topological polar surface area (TPSA) is 54.4 Å². The smallest absolute Gasteiger partial charge is 0.213 e. The number of phenolic OH excluding ortho intramolecular Hbond substituents is 1. The Morgan fingerprint density at radius 2 is 2.00 bits per heavy atom. The minimum atomic E-state index is 0.322. The molecule has 19 heavy (non-hydrogen) atoms. The molecule has 0 spiro atoms. The Bertz CT molecular complexity index is 582.